The summed E-state index contributed by atoms with van der Waals surface area (Å²) in [5, 5.41) is 12.9. The van der Waals surface area contributed by atoms with Gasteiger partial charge in [-0.05, 0) is 40.8 Å². The molecule has 0 saturated heterocycles. The van der Waals surface area contributed by atoms with Gasteiger partial charge in [0.25, 0.3) is 5.91 Å². The summed E-state index contributed by atoms with van der Waals surface area (Å²) in [5.74, 6) is 0.547. The minimum absolute atomic E-state index is 0.0312. The molecule has 0 aromatic heterocycles. The zero-order valence-electron chi connectivity index (χ0n) is 15.2. The number of hydrogen-bond acceptors (Lipinski definition) is 3. The Morgan fingerprint density at radius 3 is 2.70 bits per heavy atom. The second-order valence-corrected chi connectivity index (χ2v) is 7.68. The van der Waals surface area contributed by atoms with E-state index >= 15 is 0 Å². The van der Waals surface area contributed by atoms with Gasteiger partial charge in [-0.2, -0.15) is 0 Å². The van der Waals surface area contributed by atoms with Gasteiger partial charge in [0.2, 0.25) is 0 Å². The average molecular weight is 459 g/mol. The number of phenolic OH excluding ortho intramolecular Hbond substituents is 1. The van der Waals surface area contributed by atoms with Crippen LogP contribution in [0.3, 0.4) is 0 Å². The number of nitrogens with one attached hydrogen (secondary N) is 1. The molecule has 0 bridgehead atoms. The summed E-state index contributed by atoms with van der Waals surface area (Å²) in [7, 11) is 0. The summed E-state index contributed by atoms with van der Waals surface area (Å²) in [6.07, 6.45) is 0.580. The predicted octanol–water partition coefficient (Wildman–Crippen LogP) is 4.99. The van der Waals surface area contributed by atoms with Crippen molar-refractivity contribution in [1.82, 2.24) is 5.32 Å². The van der Waals surface area contributed by atoms with Crippen LogP contribution in [0.15, 0.2) is 34.8 Å². The van der Waals surface area contributed by atoms with E-state index in [1.165, 1.54) is 0 Å². The topological polar surface area (TPSA) is 58.6 Å². The molecule has 146 valence electrons. The van der Waals surface area contributed by atoms with E-state index in [1.54, 1.807) is 18.2 Å². The number of ether oxygens (including phenoxy) is 1. The predicted molar refractivity (Wildman–Crippen MR) is 109 cm³/mol. The van der Waals surface area contributed by atoms with Gasteiger partial charge in [0, 0.05) is 22.5 Å². The third-order valence-electron chi connectivity index (χ3n) is 4.00. The fraction of sp³-hybridized carbons (Fsp3) is 0.350. The van der Waals surface area contributed by atoms with Gasteiger partial charge in [0.05, 0.1) is 0 Å². The molecule has 27 heavy (non-hydrogen) atoms. The minimum Gasteiger partial charge on any atom is -0.508 e. The van der Waals surface area contributed by atoms with Crippen LogP contribution in [-0.4, -0.2) is 30.8 Å². The summed E-state index contributed by atoms with van der Waals surface area (Å²) in [6.45, 7) is 3.19. The first-order valence-corrected chi connectivity index (χ1v) is 9.74. The van der Waals surface area contributed by atoms with Gasteiger partial charge in [0.15, 0.2) is 6.61 Å². The van der Waals surface area contributed by atoms with Crippen molar-refractivity contribution in [2.24, 2.45) is 0 Å². The highest BCUT2D eigenvalue weighted by Gasteiger charge is 2.13. The van der Waals surface area contributed by atoms with E-state index in [0.717, 1.165) is 21.2 Å². The Morgan fingerprint density at radius 2 is 2.07 bits per heavy atom. The van der Waals surface area contributed by atoms with E-state index in [2.05, 4.69) is 21.2 Å². The average Bonchev–Trinajstić information content (AvgIpc) is 2.62. The van der Waals surface area contributed by atoms with E-state index in [0.29, 0.717) is 17.2 Å². The molecular weight excluding hydrogens is 437 g/mol. The maximum absolute atomic E-state index is 12.0. The Balaban J connectivity index is 2.13. The van der Waals surface area contributed by atoms with Crippen LogP contribution in [0.1, 0.15) is 36.5 Å². The minimum atomic E-state index is -0.617. The summed E-state index contributed by atoms with van der Waals surface area (Å²) in [6, 6.07) is 8.92. The highest BCUT2D eigenvalue weighted by atomic mass is 79.9. The van der Waals surface area contributed by atoms with Crippen molar-refractivity contribution in [3.05, 3.63) is 56.5 Å². The summed E-state index contributed by atoms with van der Waals surface area (Å²) >= 11 is 9.91. The first-order chi connectivity index (χ1) is 12.8. The zero-order valence-corrected chi connectivity index (χ0v) is 17.5. The van der Waals surface area contributed by atoms with Gasteiger partial charge < -0.3 is 15.2 Å². The molecule has 0 radical (unpaired) electrons. The van der Waals surface area contributed by atoms with Crippen molar-refractivity contribution in [1.29, 1.82) is 0 Å². The Bertz CT molecular complexity index is 791. The second kappa shape index (κ2) is 9.95. The molecule has 2 rings (SSSR count). The van der Waals surface area contributed by atoms with Crippen LogP contribution in [0.4, 0.5) is 4.39 Å². The molecule has 0 aliphatic carbocycles. The number of halogens is 3. The molecule has 0 saturated carbocycles. The monoisotopic (exact) mass is 457 g/mol. The maximum atomic E-state index is 12.0. The van der Waals surface area contributed by atoms with Gasteiger partial charge in [-0.15, -0.1) is 0 Å². The van der Waals surface area contributed by atoms with Crippen molar-refractivity contribution in [3.8, 4) is 11.5 Å². The summed E-state index contributed by atoms with van der Waals surface area (Å²) in [4.78, 5) is 11.5. The van der Waals surface area contributed by atoms with E-state index < -0.39 is 12.6 Å². The highest BCUT2D eigenvalue weighted by Crippen LogP contribution is 2.34. The number of hydrogen-bond donors (Lipinski definition) is 2. The highest BCUT2D eigenvalue weighted by molar-refractivity contribution is 9.10. The molecule has 0 spiro atoms. The van der Waals surface area contributed by atoms with Gasteiger partial charge in [0.1, 0.15) is 18.2 Å². The van der Waals surface area contributed by atoms with Crippen molar-refractivity contribution in [2.45, 2.75) is 26.2 Å². The molecule has 0 fully saturated rings. The van der Waals surface area contributed by atoms with Gasteiger partial charge in [-0.3, -0.25) is 4.79 Å². The number of amides is 1. The molecule has 4 nitrogen and oxygen atoms in total. The Hall–Kier alpha value is -1.79. The van der Waals surface area contributed by atoms with E-state index in [-0.39, 0.29) is 24.8 Å². The Kier molecular flexibility index (Phi) is 7.92. The number of carbonyl (C=O) groups excluding carboxylic acids is 1. The molecule has 0 aliphatic rings. The molecular formula is C20H22BrClFNO3. The van der Waals surface area contributed by atoms with Gasteiger partial charge in [-0.25, -0.2) is 4.39 Å². The van der Waals surface area contributed by atoms with Crippen LogP contribution in [0.5, 0.6) is 11.5 Å². The Labute approximate surface area is 171 Å². The molecule has 2 aromatic rings. The Morgan fingerprint density at radius 1 is 1.33 bits per heavy atom. The fourth-order valence-corrected chi connectivity index (χ4v) is 3.57. The summed E-state index contributed by atoms with van der Waals surface area (Å²) in [5.41, 5.74) is 2.80. The number of phenols is 1. The van der Waals surface area contributed by atoms with Crippen molar-refractivity contribution >= 4 is 33.4 Å². The first-order valence-electron chi connectivity index (χ1n) is 8.57. The molecule has 0 aliphatic heterocycles. The van der Waals surface area contributed by atoms with Crippen molar-refractivity contribution < 1.29 is 19.0 Å². The maximum Gasteiger partial charge on any atom is 0.258 e. The normalized spacial score (nSPS) is 10.9. The second-order valence-electron chi connectivity index (χ2n) is 6.42. The lowest BCUT2D eigenvalue weighted by atomic mass is 9.96. The third kappa shape index (κ3) is 6.11. The largest absolute Gasteiger partial charge is 0.508 e. The molecule has 0 unspecified atom stereocenters. The van der Waals surface area contributed by atoms with Crippen LogP contribution in [-0.2, 0) is 11.2 Å². The molecule has 1 amide bonds. The van der Waals surface area contributed by atoms with Crippen molar-refractivity contribution in [3.63, 3.8) is 0 Å². The standard InChI is InChI=1S/C20H22BrClFNO3/c1-12(2)15-7-13(3-4-19(15)25)8-16-17(21)9-14(10-18(16)22)27-11-20(26)24-6-5-23/h3-4,7,9-10,12,25H,5-6,8,11H2,1-2H3,(H,24,26). The van der Waals surface area contributed by atoms with Crippen LogP contribution >= 0.6 is 27.5 Å². The number of benzene rings is 2. The quantitative estimate of drug-likeness (QED) is 0.586. The number of rotatable bonds is 8. The lowest BCUT2D eigenvalue weighted by Gasteiger charge is -2.14. The van der Waals surface area contributed by atoms with Gasteiger partial charge in [-0.1, -0.05) is 53.5 Å². The molecule has 7 heteroatoms. The van der Waals surface area contributed by atoms with Crippen LogP contribution in [0.25, 0.3) is 0 Å². The smallest absolute Gasteiger partial charge is 0.258 e. The molecule has 0 atom stereocenters. The summed E-state index contributed by atoms with van der Waals surface area (Å²) < 4.78 is 18.2. The lowest BCUT2D eigenvalue weighted by Crippen LogP contribution is -2.30. The lowest BCUT2D eigenvalue weighted by molar-refractivity contribution is -0.123. The third-order valence-corrected chi connectivity index (χ3v) is 5.04. The number of carbonyl (C=O) groups is 1. The zero-order chi connectivity index (χ0) is 20.0. The number of aromatic hydroxyl groups is 1. The van der Waals surface area contributed by atoms with Crippen LogP contribution in [0, 0.1) is 0 Å². The van der Waals surface area contributed by atoms with Crippen LogP contribution in [0.2, 0.25) is 5.02 Å². The van der Waals surface area contributed by atoms with Crippen LogP contribution < -0.4 is 10.1 Å². The van der Waals surface area contributed by atoms with E-state index in [9.17, 15) is 14.3 Å². The molecule has 2 N–H and O–H groups in total. The SMILES string of the molecule is CC(C)c1cc(Cc2c(Cl)cc(OCC(=O)NCCF)cc2Br)ccc1O. The fourth-order valence-electron chi connectivity index (χ4n) is 2.60. The van der Waals surface area contributed by atoms with Gasteiger partial charge >= 0.3 is 0 Å². The van der Waals surface area contributed by atoms with Crippen molar-refractivity contribution in [2.75, 3.05) is 19.8 Å². The van der Waals surface area contributed by atoms with E-state index in [1.807, 2.05) is 26.0 Å². The molecule has 2 aromatic carbocycles. The first kappa shape index (κ1) is 21.5. The molecule has 0 heterocycles. The number of alkyl halides is 1. The van der Waals surface area contributed by atoms with E-state index in [4.69, 9.17) is 16.3 Å².